The molecule has 0 aliphatic carbocycles. The van der Waals surface area contributed by atoms with Crippen LogP contribution in [0.15, 0.2) is 48.5 Å². The van der Waals surface area contributed by atoms with E-state index in [2.05, 4.69) is 5.32 Å². The number of carbonyl (C=O) groups excluding carboxylic acids is 1. The smallest absolute Gasteiger partial charge is 0.367 e. The fourth-order valence-corrected chi connectivity index (χ4v) is 2.28. The van der Waals surface area contributed by atoms with Crippen LogP contribution in [0.5, 0.6) is 0 Å². The van der Waals surface area contributed by atoms with Gasteiger partial charge in [-0.05, 0) is 23.8 Å². The second-order valence-electron chi connectivity index (χ2n) is 4.71. The number of hydrogen-bond donors (Lipinski definition) is 1. The highest BCUT2D eigenvalue weighted by molar-refractivity contribution is 6.31. The van der Waals surface area contributed by atoms with E-state index in [0.717, 1.165) is 12.1 Å². The van der Waals surface area contributed by atoms with Gasteiger partial charge in [-0.15, -0.1) is 0 Å². The van der Waals surface area contributed by atoms with Gasteiger partial charge >= 0.3 is 6.18 Å². The molecule has 3 nitrogen and oxygen atoms in total. The minimum absolute atomic E-state index is 0.00953. The number of rotatable bonds is 4. The lowest BCUT2D eigenvalue weighted by atomic mass is 10.1. The highest BCUT2D eigenvalue weighted by Gasteiger charge is 2.33. The molecule has 2 aromatic carbocycles. The molecule has 0 spiro atoms. The van der Waals surface area contributed by atoms with Crippen LogP contribution in [0.2, 0.25) is 5.02 Å². The highest BCUT2D eigenvalue weighted by Crippen LogP contribution is 2.36. The van der Waals surface area contributed by atoms with E-state index in [1.54, 1.807) is 30.3 Å². The van der Waals surface area contributed by atoms with Crippen molar-refractivity contribution in [2.75, 3.05) is 12.4 Å². The third kappa shape index (κ3) is 4.24. The van der Waals surface area contributed by atoms with Crippen LogP contribution in [-0.4, -0.2) is 13.0 Å². The molecule has 0 radical (unpaired) electrons. The molecule has 1 atom stereocenters. The zero-order chi connectivity index (χ0) is 17.0. The maximum absolute atomic E-state index is 12.8. The van der Waals surface area contributed by atoms with Crippen molar-refractivity contribution in [1.82, 2.24) is 0 Å². The minimum Gasteiger partial charge on any atom is -0.367 e. The first kappa shape index (κ1) is 17.3. The van der Waals surface area contributed by atoms with E-state index in [4.69, 9.17) is 16.3 Å². The standard InChI is InChI=1S/C16H13ClF3NO2/c1-23-14(10-5-3-2-4-6-10)15(22)21-11-7-8-13(17)12(9-11)16(18,19)20/h2-9,14H,1H3,(H,21,22)/t14-/m1/s1. The maximum Gasteiger partial charge on any atom is 0.417 e. The van der Waals surface area contributed by atoms with Crippen molar-refractivity contribution < 1.29 is 22.7 Å². The van der Waals surface area contributed by atoms with Crippen molar-refractivity contribution in [3.05, 3.63) is 64.7 Å². The Kier molecular flexibility index (Phi) is 5.28. The summed E-state index contributed by atoms with van der Waals surface area (Å²) in [6, 6.07) is 11.8. The third-order valence-corrected chi connectivity index (χ3v) is 3.45. The molecule has 2 rings (SSSR count). The van der Waals surface area contributed by atoms with E-state index >= 15 is 0 Å². The van der Waals surface area contributed by atoms with Crippen LogP contribution in [-0.2, 0) is 15.7 Å². The zero-order valence-corrected chi connectivity index (χ0v) is 12.8. The van der Waals surface area contributed by atoms with Crippen LogP contribution in [0.4, 0.5) is 18.9 Å². The molecule has 122 valence electrons. The van der Waals surface area contributed by atoms with Crippen LogP contribution in [0, 0.1) is 0 Å². The predicted molar refractivity (Wildman–Crippen MR) is 81.3 cm³/mol. The van der Waals surface area contributed by atoms with Crippen LogP contribution < -0.4 is 5.32 Å². The number of benzene rings is 2. The van der Waals surface area contributed by atoms with Crippen LogP contribution in [0.1, 0.15) is 17.2 Å². The van der Waals surface area contributed by atoms with Crippen molar-refractivity contribution in [2.24, 2.45) is 0 Å². The summed E-state index contributed by atoms with van der Waals surface area (Å²) in [5, 5.41) is 1.98. The molecule has 0 heterocycles. The van der Waals surface area contributed by atoms with Crippen molar-refractivity contribution in [3.63, 3.8) is 0 Å². The molecule has 0 fully saturated rings. The number of ether oxygens (including phenoxy) is 1. The van der Waals surface area contributed by atoms with E-state index in [-0.39, 0.29) is 5.69 Å². The summed E-state index contributed by atoms with van der Waals surface area (Å²) >= 11 is 5.55. The van der Waals surface area contributed by atoms with Gasteiger partial charge in [0.15, 0.2) is 6.10 Å². The Balaban J connectivity index is 2.23. The van der Waals surface area contributed by atoms with Crippen LogP contribution >= 0.6 is 11.6 Å². The van der Waals surface area contributed by atoms with Gasteiger partial charge in [0.05, 0.1) is 10.6 Å². The first-order valence-corrected chi connectivity index (χ1v) is 6.96. The lowest BCUT2D eigenvalue weighted by molar-refractivity contribution is -0.137. The Labute approximate surface area is 136 Å². The molecule has 1 amide bonds. The Bertz CT molecular complexity index is 689. The van der Waals surface area contributed by atoms with E-state index in [1.807, 2.05) is 0 Å². The van der Waals surface area contributed by atoms with Gasteiger partial charge in [-0.1, -0.05) is 41.9 Å². The number of amides is 1. The summed E-state index contributed by atoms with van der Waals surface area (Å²) in [4.78, 5) is 12.2. The number of carbonyl (C=O) groups is 1. The molecule has 7 heteroatoms. The highest BCUT2D eigenvalue weighted by atomic mass is 35.5. The largest absolute Gasteiger partial charge is 0.417 e. The molecule has 2 aromatic rings. The summed E-state index contributed by atoms with van der Waals surface area (Å²) in [7, 11) is 1.35. The molecule has 0 bridgehead atoms. The second kappa shape index (κ2) is 7.02. The normalized spacial score (nSPS) is 12.7. The van der Waals surface area contributed by atoms with Gasteiger partial charge in [-0.3, -0.25) is 4.79 Å². The monoisotopic (exact) mass is 343 g/mol. The molecule has 0 aliphatic heterocycles. The first-order valence-electron chi connectivity index (χ1n) is 6.58. The summed E-state index contributed by atoms with van der Waals surface area (Å²) in [6.45, 7) is 0. The number of methoxy groups -OCH3 is 1. The molecule has 1 N–H and O–H groups in total. The van der Waals surface area contributed by atoms with Crippen molar-refractivity contribution in [2.45, 2.75) is 12.3 Å². The van der Waals surface area contributed by atoms with Crippen molar-refractivity contribution in [3.8, 4) is 0 Å². The molecule has 0 aliphatic rings. The van der Waals surface area contributed by atoms with E-state index in [9.17, 15) is 18.0 Å². The van der Waals surface area contributed by atoms with Crippen LogP contribution in [0.25, 0.3) is 0 Å². The number of alkyl halides is 3. The molecule has 0 saturated heterocycles. The van der Waals surface area contributed by atoms with E-state index in [0.29, 0.717) is 5.56 Å². The zero-order valence-electron chi connectivity index (χ0n) is 12.0. The molecular formula is C16H13ClF3NO2. The number of hydrogen-bond acceptors (Lipinski definition) is 2. The Hall–Kier alpha value is -2.05. The van der Waals surface area contributed by atoms with Crippen molar-refractivity contribution >= 4 is 23.2 Å². The minimum atomic E-state index is -4.60. The van der Waals surface area contributed by atoms with Gasteiger partial charge < -0.3 is 10.1 Å². The van der Waals surface area contributed by atoms with Crippen LogP contribution in [0.3, 0.4) is 0 Å². The molecule has 0 aromatic heterocycles. The quantitative estimate of drug-likeness (QED) is 0.875. The molecule has 0 saturated carbocycles. The number of halogens is 4. The molecule has 0 unspecified atom stereocenters. The summed E-state index contributed by atoms with van der Waals surface area (Å²) in [6.07, 6.45) is -5.53. The summed E-state index contributed by atoms with van der Waals surface area (Å²) in [5.74, 6) is -0.575. The molecular weight excluding hydrogens is 331 g/mol. The fraction of sp³-hybridized carbons (Fsp3) is 0.188. The van der Waals surface area contributed by atoms with E-state index in [1.165, 1.54) is 13.2 Å². The third-order valence-electron chi connectivity index (χ3n) is 3.12. The number of nitrogens with one attached hydrogen (secondary N) is 1. The average molecular weight is 344 g/mol. The Morgan fingerprint density at radius 2 is 1.83 bits per heavy atom. The average Bonchev–Trinajstić information content (AvgIpc) is 2.50. The predicted octanol–water partition coefficient (Wildman–Crippen LogP) is 4.69. The SMILES string of the molecule is CO[C@@H](C(=O)Nc1ccc(Cl)c(C(F)(F)F)c1)c1ccccc1. The first-order chi connectivity index (χ1) is 10.8. The topological polar surface area (TPSA) is 38.3 Å². The van der Waals surface area contributed by atoms with Gasteiger partial charge in [0.2, 0.25) is 0 Å². The molecule has 23 heavy (non-hydrogen) atoms. The van der Waals surface area contributed by atoms with Gasteiger partial charge in [0.25, 0.3) is 5.91 Å². The lowest BCUT2D eigenvalue weighted by Crippen LogP contribution is -2.22. The van der Waals surface area contributed by atoms with Gasteiger partial charge in [0.1, 0.15) is 0 Å². The Morgan fingerprint density at radius 3 is 2.39 bits per heavy atom. The van der Waals surface area contributed by atoms with Gasteiger partial charge in [-0.25, -0.2) is 0 Å². The summed E-state index contributed by atoms with van der Waals surface area (Å²) in [5.41, 5.74) is -0.423. The lowest BCUT2D eigenvalue weighted by Gasteiger charge is -2.17. The van der Waals surface area contributed by atoms with Gasteiger partial charge in [0, 0.05) is 12.8 Å². The van der Waals surface area contributed by atoms with E-state index < -0.39 is 28.8 Å². The maximum atomic E-state index is 12.8. The second-order valence-corrected chi connectivity index (χ2v) is 5.12. The van der Waals surface area contributed by atoms with Gasteiger partial charge in [-0.2, -0.15) is 13.2 Å². The number of anilines is 1. The van der Waals surface area contributed by atoms with Crippen molar-refractivity contribution in [1.29, 1.82) is 0 Å². The summed E-state index contributed by atoms with van der Waals surface area (Å²) < 4.78 is 43.6. The Morgan fingerprint density at radius 1 is 1.17 bits per heavy atom. The fourth-order valence-electron chi connectivity index (χ4n) is 2.05.